The molecule has 1 atom stereocenters. The van der Waals surface area contributed by atoms with Crippen LogP contribution in [0.25, 0.3) is 0 Å². The second-order valence-electron chi connectivity index (χ2n) is 5.16. The Balaban J connectivity index is 2.07. The van der Waals surface area contributed by atoms with E-state index in [1.54, 1.807) is 36.4 Å². The zero-order valence-corrected chi connectivity index (χ0v) is 13.3. The minimum Gasteiger partial charge on any atom is -0.507 e. The van der Waals surface area contributed by atoms with Gasteiger partial charge in [-0.15, -0.1) is 0 Å². The van der Waals surface area contributed by atoms with E-state index in [0.29, 0.717) is 11.3 Å². The summed E-state index contributed by atoms with van der Waals surface area (Å²) in [5.74, 6) is -1.80. The van der Waals surface area contributed by atoms with Crippen LogP contribution in [-0.4, -0.2) is 28.9 Å². The maximum absolute atomic E-state index is 12.2. The molecule has 2 N–H and O–H groups in total. The van der Waals surface area contributed by atoms with Gasteiger partial charge in [0, 0.05) is 5.56 Å². The first-order valence-corrected chi connectivity index (χ1v) is 7.30. The number of hydrogen-bond acceptors (Lipinski definition) is 5. The van der Waals surface area contributed by atoms with E-state index in [4.69, 9.17) is 4.74 Å². The third kappa shape index (κ3) is 3.98. The van der Waals surface area contributed by atoms with Crippen LogP contribution in [0.15, 0.2) is 48.5 Å². The summed E-state index contributed by atoms with van der Waals surface area (Å²) in [6.45, 7) is 2.80. The number of Topliss-reactive ketones (excluding diaryl/α,β-unsaturated/α-hetero) is 1. The number of amides is 1. The van der Waals surface area contributed by atoms with E-state index in [-0.39, 0.29) is 17.1 Å². The number of para-hydroxylation sites is 2. The van der Waals surface area contributed by atoms with Crippen molar-refractivity contribution in [2.45, 2.75) is 20.0 Å². The number of rotatable bonds is 5. The topological polar surface area (TPSA) is 92.7 Å². The third-order valence-electron chi connectivity index (χ3n) is 3.34. The first-order chi connectivity index (χ1) is 11.4. The average molecular weight is 327 g/mol. The molecule has 0 aromatic heterocycles. The molecule has 0 heterocycles. The Labute approximate surface area is 139 Å². The zero-order valence-electron chi connectivity index (χ0n) is 13.3. The van der Waals surface area contributed by atoms with Crippen molar-refractivity contribution in [2.24, 2.45) is 0 Å². The highest BCUT2D eigenvalue weighted by Gasteiger charge is 2.21. The molecule has 0 fully saturated rings. The Morgan fingerprint density at radius 1 is 1.00 bits per heavy atom. The maximum atomic E-state index is 12.2. The quantitative estimate of drug-likeness (QED) is 0.651. The van der Waals surface area contributed by atoms with Crippen LogP contribution in [0.1, 0.15) is 34.6 Å². The molecule has 24 heavy (non-hydrogen) atoms. The van der Waals surface area contributed by atoms with Crippen molar-refractivity contribution < 1.29 is 24.2 Å². The average Bonchev–Trinajstić information content (AvgIpc) is 2.55. The molecule has 2 aromatic rings. The second kappa shape index (κ2) is 7.41. The Morgan fingerprint density at radius 2 is 1.58 bits per heavy atom. The van der Waals surface area contributed by atoms with Crippen molar-refractivity contribution in [2.75, 3.05) is 5.32 Å². The Hall–Kier alpha value is -3.15. The molecule has 0 radical (unpaired) electrons. The van der Waals surface area contributed by atoms with E-state index in [9.17, 15) is 19.5 Å². The first-order valence-electron chi connectivity index (χ1n) is 7.30. The fourth-order valence-corrected chi connectivity index (χ4v) is 2.06. The summed E-state index contributed by atoms with van der Waals surface area (Å²) in [5.41, 5.74) is 0.687. The van der Waals surface area contributed by atoms with E-state index < -0.39 is 18.0 Å². The van der Waals surface area contributed by atoms with Gasteiger partial charge in [-0.05, 0) is 38.1 Å². The smallest absolute Gasteiger partial charge is 0.342 e. The third-order valence-corrected chi connectivity index (χ3v) is 3.34. The van der Waals surface area contributed by atoms with Crippen LogP contribution in [0.5, 0.6) is 5.75 Å². The number of nitrogens with one attached hydrogen (secondary N) is 1. The molecule has 1 amide bonds. The van der Waals surface area contributed by atoms with Crippen LogP contribution in [-0.2, 0) is 9.53 Å². The van der Waals surface area contributed by atoms with Gasteiger partial charge in [-0.3, -0.25) is 9.59 Å². The van der Waals surface area contributed by atoms with Crippen LogP contribution in [0.4, 0.5) is 5.69 Å². The highest BCUT2D eigenvalue weighted by Crippen LogP contribution is 2.19. The molecule has 0 spiro atoms. The minimum atomic E-state index is -1.10. The van der Waals surface area contributed by atoms with Gasteiger partial charge in [0.2, 0.25) is 0 Å². The number of ether oxygens (including phenoxy) is 1. The van der Waals surface area contributed by atoms with E-state index in [2.05, 4.69) is 5.32 Å². The lowest BCUT2D eigenvalue weighted by Crippen LogP contribution is -2.30. The number of aromatic hydroxyl groups is 1. The standard InChI is InChI=1S/C18H17NO5/c1-11(20)13-7-3-5-9-15(13)19-17(22)12(2)24-18(23)14-8-4-6-10-16(14)21/h3-10,12,21H,1-2H3,(H,19,22)/t12-/m1/s1. The van der Waals surface area contributed by atoms with Crippen molar-refractivity contribution >= 4 is 23.3 Å². The molecular weight excluding hydrogens is 310 g/mol. The lowest BCUT2D eigenvalue weighted by molar-refractivity contribution is -0.123. The number of carbonyl (C=O) groups is 3. The monoisotopic (exact) mass is 327 g/mol. The maximum Gasteiger partial charge on any atom is 0.342 e. The largest absolute Gasteiger partial charge is 0.507 e. The zero-order chi connectivity index (χ0) is 17.7. The van der Waals surface area contributed by atoms with Gasteiger partial charge in [-0.1, -0.05) is 24.3 Å². The van der Waals surface area contributed by atoms with Crippen LogP contribution in [0, 0.1) is 0 Å². The van der Waals surface area contributed by atoms with Crippen LogP contribution >= 0.6 is 0 Å². The molecule has 0 aliphatic carbocycles. The Morgan fingerprint density at radius 3 is 2.21 bits per heavy atom. The molecule has 124 valence electrons. The molecule has 0 saturated carbocycles. The summed E-state index contributed by atoms with van der Waals surface area (Å²) in [5, 5.41) is 12.2. The molecule has 6 nitrogen and oxygen atoms in total. The van der Waals surface area contributed by atoms with Crippen molar-refractivity contribution in [1.29, 1.82) is 0 Å². The number of esters is 1. The molecule has 0 bridgehead atoms. The van der Waals surface area contributed by atoms with Gasteiger partial charge in [0.1, 0.15) is 11.3 Å². The van der Waals surface area contributed by atoms with Gasteiger partial charge < -0.3 is 15.2 Å². The summed E-state index contributed by atoms with van der Waals surface area (Å²) in [6, 6.07) is 12.4. The molecule has 0 saturated heterocycles. The molecule has 6 heteroatoms. The number of ketones is 1. The normalized spacial score (nSPS) is 11.4. The van der Waals surface area contributed by atoms with Crippen LogP contribution < -0.4 is 5.32 Å². The van der Waals surface area contributed by atoms with Gasteiger partial charge in [-0.25, -0.2) is 4.79 Å². The van der Waals surface area contributed by atoms with Crippen molar-refractivity contribution in [3.63, 3.8) is 0 Å². The van der Waals surface area contributed by atoms with E-state index in [1.807, 2.05) is 0 Å². The molecule has 2 aromatic carbocycles. The van der Waals surface area contributed by atoms with Gasteiger partial charge in [-0.2, -0.15) is 0 Å². The molecule has 0 unspecified atom stereocenters. The van der Waals surface area contributed by atoms with Crippen LogP contribution in [0.2, 0.25) is 0 Å². The predicted molar refractivity (Wildman–Crippen MR) is 88.1 cm³/mol. The Bertz CT molecular complexity index is 784. The Kier molecular flexibility index (Phi) is 5.31. The summed E-state index contributed by atoms with van der Waals surface area (Å²) in [6.07, 6.45) is -1.10. The lowest BCUT2D eigenvalue weighted by atomic mass is 10.1. The first kappa shape index (κ1) is 17.2. The number of hydrogen-bond donors (Lipinski definition) is 2. The molecular formula is C18H17NO5. The summed E-state index contributed by atoms with van der Waals surface area (Å²) >= 11 is 0. The predicted octanol–water partition coefficient (Wildman–Crippen LogP) is 2.78. The van der Waals surface area contributed by atoms with E-state index in [0.717, 1.165) is 0 Å². The van der Waals surface area contributed by atoms with Crippen molar-refractivity contribution in [3.8, 4) is 5.75 Å². The molecule has 0 aliphatic rings. The van der Waals surface area contributed by atoms with E-state index >= 15 is 0 Å². The summed E-state index contributed by atoms with van der Waals surface area (Å²) in [7, 11) is 0. The second-order valence-corrected chi connectivity index (χ2v) is 5.16. The SMILES string of the molecule is CC(=O)c1ccccc1NC(=O)[C@@H](C)OC(=O)c1ccccc1O. The highest BCUT2D eigenvalue weighted by molar-refractivity contribution is 6.05. The van der Waals surface area contributed by atoms with Gasteiger partial charge in [0.15, 0.2) is 11.9 Å². The number of phenolic OH excluding ortho intramolecular Hbond substituents is 1. The number of carbonyl (C=O) groups excluding carboxylic acids is 3. The molecule has 0 aliphatic heterocycles. The summed E-state index contributed by atoms with van der Waals surface area (Å²) in [4.78, 5) is 35.7. The lowest BCUT2D eigenvalue weighted by Gasteiger charge is -2.15. The van der Waals surface area contributed by atoms with Gasteiger partial charge in [0.05, 0.1) is 5.69 Å². The van der Waals surface area contributed by atoms with Gasteiger partial charge in [0.25, 0.3) is 5.91 Å². The number of anilines is 1. The summed E-state index contributed by atoms with van der Waals surface area (Å²) < 4.78 is 5.06. The van der Waals surface area contributed by atoms with Crippen molar-refractivity contribution in [3.05, 3.63) is 59.7 Å². The highest BCUT2D eigenvalue weighted by atomic mass is 16.5. The van der Waals surface area contributed by atoms with Crippen LogP contribution in [0.3, 0.4) is 0 Å². The van der Waals surface area contributed by atoms with Crippen molar-refractivity contribution in [1.82, 2.24) is 0 Å². The minimum absolute atomic E-state index is 0.0266. The van der Waals surface area contributed by atoms with E-state index in [1.165, 1.54) is 26.0 Å². The fourth-order valence-electron chi connectivity index (χ4n) is 2.06. The number of benzene rings is 2. The molecule has 2 rings (SSSR count). The number of phenols is 1. The fraction of sp³-hybridized carbons (Fsp3) is 0.167. The van der Waals surface area contributed by atoms with Gasteiger partial charge >= 0.3 is 5.97 Å².